The first-order chi connectivity index (χ1) is 15.0. The number of nitrogens with zero attached hydrogens (tertiary/aromatic N) is 2. The highest BCUT2D eigenvalue weighted by Crippen LogP contribution is 2.38. The SMILES string of the molecule is COc1cc(/C=C/C(O)CCN2CCN(c3ccccc3F)CC2)cc(OC)c1OC.Cl.Cl. The third kappa shape index (κ3) is 7.67. The van der Waals surface area contributed by atoms with Crippen molar-refractivity contribution < 1.29 is 23.7 Å². The van der Waals surface area contributed by atoms with Crippen LogP contribution in [0.5, 0.6) is 17.2 Å². The molecule has 3 rings (SSSR count). The molecule has 1 aliphatic rings. The topological polar surface area (TPSA) is 54.4 Å². The quantitative estimate of drug-likeness (QED) is 0.552. The molecule has 1 aliphatic heterocycles. The minimum Gasteiger partial charge on any atom is -0.493 e. The Kier molecular flexibility index (Phi) is 12.4. The van der Waals surface area contributed by atoms with Crippen LogP contribution in [-0.4, -0.2) is 70.2 Å². The van der Waals surface area contributed by atoms with E-state index < -0.39 is 6.10 Å². The molecule has 33 heavy (non-hydrogen) atoms. The molecule has 2 aromatic rings. The van der Waals surface area contributed by atoms with Gasteiger partial charge in [0, 0.05) is 32.7 Å². The van der Waals surface area contributed by atoms with Crippen LogP contribution < -0.4 is 19.1 Å². The molecule has 1 fully saturated rings. The number of piperazine rings is 1. The maximum atomic E-state index is 14.0. The van der Waals surface area contributed by atoms with Gasteiger partial charge in [-0.05, 0) is 36.2 Å². The van der Waals surface area contributed by atoms with E-state index in [0.717, 1.165) is 38.3 Å². The molecule has 2 aromatic carbocycles. The van der Waals surface area contributed by atoms with Crippen LogP contribution >= 0.6 is 24.8 Å². The minimum absolute atomic E-state index is 0. The van der Waals surface area contributed by atoms with Gasteiger partial charge in [0.25, 0.3) is 0 Å². The predicted molar refractivity (Wildman–Crippen MR) is 135 cm³/mol. The summed E-state index contributed by atoms with van der Waals surface area (Å²) < 4.78 is 30.0. The first-order valence-electron chi connectivity index (χ1n) is 10.4. The summed E-state index contributed by atoms with van der Waals surface area (Å²) in [5, 5.41) is 10.4. The van der Waals surface area contributed by atoms with E-state index in [1.165, 1.54) is 6.07 Å². The number of ether oxygens (including phenoxy) is 3. The molecule has 0 amide bonds. The molecule has 0 bridgehead atoms. The zero-order chi connectivity index (χ0) is 22.2. The molecule has 0 aliphatic carbocycles. The summed E-state index contributed by atoms with van der Waals surface area (Å²) in [6.07, 6.45) is 3.69. The highest BCUT2D eigenvalue weighted by atomic mass is 35.5. The summed E-state index contributed by atoms with van der Waals surface area (Å²) in [5.41, 5.74) is 1.52. The second-order valence-corrected chi connectivity index (χ2v) is 7.45. The molecule has 1 atom stereocenters. The van der Waals surface area contributed by atoms with Crippen LogP contribution in [0.25, 0.3) is 6.08 Å². The molecule has 9 heteroatoms. The fourth-order valence-electron chi connectivity index (χ4n) is 3.75. The summed E-state index contributed by atoms with van der Waals surface area (Å²) in [5.74, 6) is 1.51. The van der Waals surface area contributed by atoms with Gasteiger partial charge >= 0.3 is 0 Å². The fraction of sp³-hybridized carbons (Fsp3) is 0.417. The van der Waals surface area contributed by atoms with Crippen molar-refractivity contribution >= 4 is 36.6 Å². The van der Waals surface area contributed by atoms with Crippen molar-refractivity contribution in [2.75, 3.05) is 59.0 Å². The van der Waals surface area contributed by atoms with Crippen LogP contribution in [0.2, 0.25) is 0 Å². The number of hydrogen-bond acceptors (Lipinski definition) is 6. The van der Waals surface area contributed by atoms with Crippen LogP contribution in [0.15, 0.2) is 42.5 Å². The summed E-state index contributed by atoms with van der Waals surface area (Å²) in [7, 11) is 4.72. The molecule has 0 saturated carbocycles. The van der Waals surface area contributed by atoms with E-state index >= 15 is 0 Å². The van der Waals surface area contributed by atoms with Crippen LogP contribution in [0, 0.1) is 5.82 Å². The third-order valence-corrected chi connectivity index (χ3v) is 5.50. The Morgan fingerprint density at radius 2 is 1.58 bits per heavy atom. The van der Waals surface area contributed by atoms with Crippen molar-refractivity contribution in [2.24, 2.45) is 0 Å². The Morgan fingerprint density at radius 1 is 0.970 bits per heavy atom. The summed E-state index contributed by atoms with van der Waals surface area (Å²) in [6.45, 7) is 4.03. The van der Waals surface area contributed by atoms with Gasteiger partial charge in [-0.1, -0.05) is 24.3 Å². The number of para-hydroxylation sites is 1. The molecule has 1 unspecified atom stereocenters. The first kappa shape index (κ1) is 28.8. The zero-order valence-electron chi connectivity index (χ0n) is 19.2. The van der Waals surface area contributed by atoms with Gasteiger partial charge in [0.15, 0.2) is 11.5 Å². The van der Waals surface area contributed by atoms with Crippen molar-refractivity contribution in [1.29, 1.82) is 0 Å². The van der Waals surface area contributed by atoms with Crippen molar-refractivity contribution in [3.05, 3.63) is 53.9 Å². The summed E-state index contributed by atoms with van der Waals surface area (Å²) in [4.78, 5) is 4.38. The summed E-state index contributed by atoms with van der Waals surface area (Å²) >= 11 is 0. The molecule has 6 nitrogen and oxygen atoms in total. The Bertz CT molecular complexity index is 868. The minimum atomic E-state index is -0.566. The van der Waals surface area contributed by atoms with Gasteiger partial charge in [-0.25, -0.2) is 4.39 Å². The predicted octanol–water partition coefficient (Wildman–Crippen LogP) is 4.28. The van der Waals surface area contributed by atoms with Crippen molar-refractivity contribution in [1.82, 2.24) is 4.90 Å². The third-order valence-electron chi connectivity index (χ3n) is 5.50. The smallest absolute Gasteiger partial charge is 0.203 e. The standard InChI is InChI=1S/C24H31FN2O4.2ClH/c1-29-22-16-18(17-23(30-2)24(22)31-3)8-9-19(28)10-11-26-12-14-27(15-13-26)21-7-5-4-6-20(21)25;;/h4-9,16-17,19,28H,10-15H2,1-3H3;2*1H/b9-8+;;. The van der Waals surface area contributed by atoms with E-state index in [1.54, 1.807) is 33.5 Å². The van der Waals surface area contributed by atoms with Gasteiger partial charge in [-0.2, -0.15) is 0 Å². The van der Waals surface area contributed by atoms with Crippen LogP contribution in [0.1, 0.15) is 12.0 Å². The van der Waals surface area contributed by atoms with Crippen LogP contribution in [0.4, 0.5) is 10.1 Å². The maximum Gasteiger partial charge on any atom is 0.203 e. The number of aliphatic hydroxyl groups is 1. The van der Waals surface area contributed by atoms with Gasteiger partial charge in [-0.15, -0.1) is 24.8 Å². The molecule has 0 radical (unpaired) electrons. The second kappa shape index (κ2) is 14.2. The van der Waals surface area contributed by atoms with E-state index in [9.17, 15) is 9.50 Å². The van der Waals surface area contributed by atoms with Gasteiger partial charge < -0.3 is 24.2 Å². The van der Waals surface area contributed by atoms with E-state index in [2.05, 4.69) is 9.80 Å². The molecular formula is C24H33Cl2FN2O4. The van der Waals surface area contributed by atoms with Crippen molar-refractivity contribution in [3.63, 3.8) is 0 Å². The van der Waals surface area contributed by atoms with E-state index in [4.69, 9.17) is 14.2 Å². The van der Waals surface area contributed by atoms with Crippen LogP contribution in [-0.2, 0) is 0 Å². The average Bonchev–Trinajstić information content (AvgIpc) is 2.81. The number of anilines is 1. The summed E-state index contributed by atoms with van der Waals surface area (Å²) in [6, 6.07) is 10.6. The molecule has 184 valence electrons. The number of rotatable bonds is 9. The average molecular weight is 503 g/mol. The monoisotopic (exact) mass is 502 g/mol. The molecule has 0 aromatic heterocycles. The fourth-order valence-corrected chi connectivity index (χ4v) is 3.75. The van der Waals surface area contributed by atoms with Crippen molar-refractivity contribution in [2.45, 2.75) is 12.5 Å². The Morgan fingerprint density at radius 3 is 2.12 bits per heavy atom. The normalized spacial score (nSPS) is 14.9. The lowest BCUT2D eigenvalue weighted by Gasteiger charge is -2.36. The number of benzene rings is 2. The Hall–Kier alpha value is -2.19. The first-order valence-corrected chi connectivity index (χ1v) is 10.4. The number of halogens is 3. The lowest BCUT2D eigenvalue weighted by Crippen LogP contribution is -2.47. The number of aliphatic hydroxyl groups excluding tert-OH is 1. The van der Waals surface area contributed by atoms with E-state index in [-0.39, 0.29) is 30.6 Å². The van der Waals surface area contributed by atoms with Gasteiger partial charge in [0.1, 0.15) is 5.82 Å². The molecular weight excluding hydrogens is 470 g/mol. The van der Waals surface area contributed by atoms with Gasteiger partial charge in [0.2, 0.25) is 5.75 Å². The lowest BCUT2D eigenvalue weighted by atomic mass is 10.1. The second-order valence-electron chi connectivity index (χ2n) is 7.45. The van der Waals surface area contributed by atoms with E-state index in [0.29, 0.717) is 29.4 Å². The molecule has 1 saturated heterocycles. The Labute approximate surface area is 207 Å². The van der Waals surface area contributed by atoms with Crippen LogP contribution in [0.3, 0.4) is 0 Å². The van der Waals surface area contributed by atoms with E-state index in [1.807, 2.05) is 30.3 Å². The maximum absolute atomic E-state index is 14.0. The van der Waals surface area contributed by atoms with Gasteiger partial charge in [0.05, 0.1) is 33.1 Å². The Balaban J connectivity index is 0.00000272. The number of hydrogen-bond donors (Lipinski definition) is 1. The molecule has 1 heterocycles. The largest absolute Gasteiger partial charge is 0.493 e. The zero-order valence-corrected chi connectivity index (χ0v) is 20.8. The number of methoxy groups -OCH3 is 3. The molecule has 0 spiro atoms. The highest BCUT2D eigenvalue weighted by molar-refractivity contribution is 5.85. The molecule has 1 N–H and O–H groups in total. The van der Waals surface area contributed by atoms with Crippen molar-refractivity contribution in [3.8, 4) is 17.2 Å². The lowest BCUT2D eigenvalue weighted by molar-refractivity contribution is 0.173. The highest BCUT2D eigenvalue weighted by Gasteiger charge is 2.19. The van der Waals surface area contributed by atoms with Gasteiger partial charge in [-0.3, -0.25) is 4.90 Å².